The largest absolute Gasteiger partial charge is 0.469 e. The highest BCUT2D eigenvalue weighted by molar-refractivity contribution is 5.98. The Morgan fingerprint density at radius 2 is 1.26 bits per heavy atom. The van der Waals surface area contributed by atoms with E-state index >= 15 is 0 Å². The maximum atomic E-state index is 12.9. The minimum absolute atomic E-state index is 0.0864. The number of methoxy groups -OCH3 is 2. The number of benzene rings is 2. The Bertz CT molecular complexity index is 1330. The normalized spacial score (nSPS) is 18.3. The van der Waals surface area contributed by atoms with Gasteiger partial charge in [0.25, 0.3) is 0 Å². The molecule has 1 aliphatic rings. The van der Waals surface area contributed by atoms with Crippen molar-refractivity contribution in [3.63, 3.8) is 0 Å². The molecule has 2 unspecified atom stereocenters. The predicted molar refractivity (Wildman–Crippen MR) is 158 cm³/mol. The molecule has 0 aliphatic heterocycles. The molecule has 4 nitrogen and oxygen atoms in total. The smallest absolute Gasteiger partial charge is 0.338 e. The molecule has 39 heavy (non-hydrogen) atoms. The van der Waals surface area contributed by atoms with Crippen LogP contribution in [0.1, 0.15) is 79.6 Å². The second-order valence-corrected chi connectivity index (χ2v) is 10.4. The number of hydrogen-bond acceptors (Lipinski definition) is 4. The molecule has 0 aromatic heterocycles. The van der Waals surface area contributed by atoms with Crippen LogP contribution in [0.2, 0.25) is 0 Å². The minimum atomic E-state index is -0.375. The fourth-order valence-electron chi connectivity index (χ4n) is 5.79. The van der Waals surface area contributed by atoms with E-state index in [9.17, 15) is 9.59 Å². The molecule has 0 amide bonds. The van der Waals surface area contributed by atoms with E-state index in [-0.39, 0.29) is 23.8 Å². The fourth-order valence-corrected chi connectivity index (χ4v) is 5.79. The van der Waals surface area contributed by atoms with Crippen molar-refractivity contribution in [1.82, 2.24) is 0 Å². The standard InChI is InChI=1S/C35H40O4/c1-38-34(36)32-18-14-10-5-3-4-8-12-16-30(32)28-22-20-27-25-29(23-21-26(27)24-28)31-17-13-9-6-7-11-15-19-33(31)35(37)39-2/h6-7,9,11,13,15,17,19-25,30,32H,3-5,8,10,12,14,16,18H2,1-2H3. The van der Waals surface area contributed by atoms with Crippen molar-refractivity contribution in [2.45, 2.75) is 63.7 Å². The summed E-state index contributed by atoms with van der Waals surface area (Å²) in [5.41, 5.74) is 3.45. The lowest BCUT2D eigenvalue weighted by atomic mass is 9.79. The number of hydrogen-bond donors (Lipinski definition) is 0. The van der Waals surface area contributed by atoms with E-state index in [2.05, 4.69) is 36.4 Å². The molecule has 1 aliphatic carbocycles. The number of esters is 2. The van der Waals surface area contributed by atoms with Gasteiger partial charge < -0.3 is 9.47 Å². The summed E-state index contributed by atoms with van der Waals surface area (Å²) in [7, 11) is 2.92. The molecule has 3 aromatic rings. The van der Waals surface area contributed by atoms with Crippen molar-refractivity contribution in [2.75, 3.05) is 14.2 Å². The Kier molecular flexibility index (Phi) is 10.5. The Morgan fingerprint density at radius 3 is 1.97 bits per heavy atom. The maximum absolute atomic E-state index is 12.9. The van der Waals surface area contributed by atoms with E-state index < -0.39 is 0 Å². The molecule has 1 saturated carbocycles. The highest BCUT2D eigenvalue weighted by Crippen LogP contribution is 2.37. The van der Waals surface area contributed by atoms with E-state index in [1.54, 1.807) is 6.07 Å². The van der Waals surface area contributed by atoms with E-state index in [1.165, 1.54) is 51.9 Å². The number of fused-ring (bicyclic) bond motifs is 1. The predicted octanol–water partition coefficient (Wildman–Crippen LogP) is 8.82. The highest BCUT2D eigenvalue weighted by atomic mass is 16.5. The second-order valence-electron chi connectivity index (χ2n) is 10.4. The minimum Gasteiger partial charge on any atom is -0.469 e. The van der Waals surface area contributed by atoms with Crippen molar-refractivity contribution in [2.24, 2.45) is 5.92 Å². The van der Waals surface area contributed by atoms with Gasteiger partial charge in [-0.2, -0.15) is 0 Å². The molecule has 1 fully saturated rings. The van der Waals surface area contributed by atoms with Crippen LogP contribution >= 0.6 is 0 Å². The lowest BCUT2D eigenvalue weighted by Crippen LogP contribution is -2.24. The lowest BCUT2D eigenvalue weighted by Gasteiger charge is -2.26. The molecule has 0 bridgehead atoms. The van der Waals surface area contributed by atoms with Gasteiger partial charge in [-0.05, 0) is 58.4 Å². The van der Waals surface area contributed by atoms with E-state index in [0.717, 1.165) is 47.6 Å². The topological polar surface area (TPSA) is 52.6 Å². The fraction of sp³-hybridized carbons (Fsp3) is 0.371. The van der Waals surface area contributed by atoms with Crippen molar-refractivity contribution >= 4 is 22.7 Å². The first-order valence-electron chi connectivity index (χ1n) is 14.2. The van der Waals surface area contributed by atoms with Crippen LogP contribution in [0.3, 0.4) is 0 Å². The van der Waals surface area contributed by atoms with Gasteiger partial charge in [-0.15, -0.1) is 0 Å². The molecular formula is C35H40O4. The summed E-state index contributed by atoms with van der Waals surface area (Å²) in [6.07, 6.45) is 10.3. The molecule has 0 N–H and O–H groups in total. The van der Waals surface area contributed by atoms with Crippen molar-refractivity contribution in [3.8, 4) is 11.1 Å². The first-order chi connectivity index (χ1) is 19.1. The van der Waals surface area contributed by atoms with Crippen LogP contribution in [-0.4, -0.2) is 26.2 Å². The Labute approximate surface area is 232 Å². The summed E-state index contributed by atoms with van der Waals surface area (Å²) in [6.45, 7) is 0. The number of rotatable bonds is 4. The van der Waals surface area contributed by atoms with Crippen LogP contribution < -0.4 is 0 Å². The molecule has 3 aromatic carbocycles. The number of ether oxygens (including phenoxy) is 2. The molecule has 2 atom stereocenters. The molecule has 0 heterocycles. The molecule has 0 saturated heterocycles. The van der Waals surface area contributed by atoms with Crippen molar-refractivity contribution in [1.29, 1.82) is 0 Å². The van der Waals surface area contributed by atoms with E-state index in [4.69, 9.17) is 9.47 Å². The van der Waals surface area contributed by atoms with Gasteiger partial charge in [0.2, 0.25) is 0 Å². The SMILES string of the molecule is COC(=O)c1ccccccccc1-c1ccc2cc(C3CCCCCCCCCC3C(=O)OC)ccc2c1. The summed E-state index contributed by atoms with van der Waals surface area (Å²) < 4.78 is 10.4. The zero-order valence-electron chi connectivity index (χ0n) is 23.2. The second kappa shape index (κ2) is 14.5. The molecular weight excluding hydrogens is 484 g/mol. The average molecular weight is 525 g/mol. The van der Waals surface area contributed by atoms with Crippen LogP contribution in [0.25, 0.3) is 21.9 Å². The van der Waals surface area contributed by atoms with Crippen molar-refractivity contribution in [3.05, 3.63) is 96.1 Å². The monoisotopic (exact) mass is 524 g/mol. The summed E-state index contributed by atoms with van der Waals surface area (Å²) in [5, 5.41) is 2.21. The highest BCUT2D eigenvalue weighted by Gasteiger charge is 2.30. The lowest BCUT2D eigenvalue weighted by molar-refractivity contribution is -0.146. The van der Waals surface area contributed by atoms with Gasteiger partial charge in [-0.1, -0.05) is 118 Å². The van der Waals surface area contributed by atoms with Gasteiger partial charge in [0.15, 0.2) is 0 Å². The van der Waals surface area contributed by atoms with Gasteiger partial charge in [-0.3, -0.25) is 4.79 Å². The van der Waals surface area contributed by atoms with Crippen LogP contribution in [0.15, 0.2) is 84.9 Å². The summed E-state index contributed by atoms with van der Waals surface area (Å²) >= 11 is 0. The van der Waals surface area contributed by atoms with E-state index in [0.29, 0.717) is 5.56 Å². The molecule has 4 rings (SSSR count). The Balaban J connectivity index is 1.75. The first-order valence-corrected chi connectivity index (χ1v) is 14.2. The van der Waals surface area contributed by atoms with Gasteiger partial charge in [0.1, 0.15) is 0 Å². The quantitative estimate of drug-likeness (QED) is 0.320. The zero-order chi connectivity index (χ0) is 27.5. The number of carbonyl (C=O) groups excluding carboxylic acids is 2. The molecule has 0 spiro atoms. The van der Waals surface area contributed by atoms with Crippen LogP contribution in [0.5, 0.6) is 0 Å². The summed E-state index contributed by atoms with van der Waals surface area (Å²) in [4.78, 5) is 25.6. The Morgan fingerprint density at radius 1 is 0.641 bits per heavy atom. The van der Waals surface area contributed by atoms with Gasteiger partial charge >= 0.3 is 11.9 Å². The average Bonchev–Trinajstić information content (AvgIpc) is 3.03. The van der Waals surface area contributed by atoms with Gasteiger partial charge in [0.05, 0.1) is 25.7 Å². The maximum Gasteiger partial charge on any atom is 0.338 e. The molecule has 4 heteroatoms. The van der Waals surface area contributed by atoms with E-state index in [1.807, 2.05) is 42.5 Å². The number of carbonyl (C=O) groups is 2. The third kappa shape index (κ3) is 7.47. The summed E-state index contributed by atoms with van der Waals surface area (Å²) in [6, 6.07) is 28.1. The van der Waals surface area contributed by atoms with Crippen LogP contribution in [0.4, 0.5) is 0 Å². The van der Waals surface area contributed by atoms with Crippen molar-refractivity contribution < 1.29 is 19.1 Å². The van der Waals surface area contributed by atoms with Crippen LogP contribution in [0, 0.1) is 5.92 Å². The molecule has 0 radical (unpaired) electrons. The molecule has 204 valence electrons. The van der Waals surface area contributed by atoms with Gasteiger partial charge in [-0.25, -0.2) is 4.79 Å². The first kappa shape index (κ1) is 28.4. The zero-order valence-corrected chi connectivity index (χ0v) is 23.2. The summed E-state index contributed by atoms with van der Waals surface area (Å²) in [5.74, 6) is -0.421. The third-order valence-corrected chi connectivity index (χ3v) is 7.90. The Hall–Kier alpha value is -3.66. The van der Waals surface area contributed by atoms with Crippen LogP contribution in [-0.2, 0) is 14.3 Å². The third-order valence-electron chi connectivity index (χ3n) is 7.90. The van der Waals surface area contributed by atoms with Gasteiger partial charge in [0, 0.05) is 0 Å².